The zero-order valence-electron chi connectivity index (χ0n) is 22.0. The van der Waals surface area contributed by atoms with Gasteiger partial charge in [-0.15, -0.1) is 0 Å². The molecule has 13 heteroatoms. The van der Waals surface area contributed by atoms with E-state index in [1.807, 2.05) is 4.90 Å². The van der Waals surface area contributed by atoms with Gasteiger partial charge in [-0.25, -0.2) is 18.4 Å². The Morgan fingerprint density at radius 3 is 2.48 bits per heavy atom. The van der Waals surface area contributed by atoms with Crippen LogP contribution in [-0.2, 0) is 16.1 Å². The minimum absolute atomic E-state index is 0.0372. The number of piperazine rings is 1. The number of methoxy groups -OCH3 is 1. The number of nitrogens with zero attached hydrogens (tertiary/aromatic N) is 3. The molecule has 2 aromatic carbocycles. The number of carbonyl (C=O) groups excluding carboxylic acids is 2. The highest BCUT2D eigenvalue weighted by atomic mass is 19.1. The number of ether oxygens (including phenoxy) is 1. The van der Waals surface area contributed by atoms with Crippen molar-refractivity contribution in [1.29, 1.82) is 0 Å². The normalized spacial score (nSPS) is 15.7. The molecule has 11 nitrogen and oxygen atoms in total. The van der Waals surface area contributed by atoms with E-state index in [1.54, 1.807) is 13.8 Å². The van der Waals surface area contributed by atoms with Gasteiger partial charge in [-0.05, 0) is 32.0 Å². The maximum atomic E-state index is 15.8. The van der Waals surface area contributed by atoms with Gasteiger partial charge in [-0.3, -0.25) is 14.5 Å². The molecular weight excluding hydrogens is 530 g/mol. The molecule has 3 N–H and O–H groups in total. The van der Waals surface area contributed by atoms with E-state index < -0.39 is 40.5 Å². The number of halogens is 2. The van der Waals surface area contributed by atoms with E-state index in [0.29, 0.717) is 0 Å². The van der Waals surface area contributed by atoms with Crippen LogP contribution in [0.15, 0.2) is 35.3 Å². The average molecular weight is 559 g/mol. The number of hydrogen-bond donors (Lipinski definition) is 3. The number of aromatic hydroxyl groups is 1. The predicted octanol–water partition coefficient (Wildman–Crippen LogP) is 2.64. The van der Waals surface area contributed by atoms with Crippen LogP contribution < -0.4 is 15.6 Å². The number of aryl methyl sites for hydroxylation is 1. The van der Waals surface area contributed by atoms with Gasteiger partial charge >= 0.3 is 11.9 Å². The summed E-state index contributed by atoms with van der Waals surface area (Å²) in [6, 6.07) is 4.58. The number of carbonyl (C=O) groups is 3. The zero-order valence-corrected chi connectivity index (χ0v) is 22.0. The molecule has 1 unspecified atom stereocenters. The highest BCUT2D eigenvalue weighted by Crippen LogP contribution is 2.32. The van der Waals surface area contributed by atoms with Crippen molar-refractivity contribution in [3.63, 3.8) is 0 Å². The Balaban J connectivity index is 1.51. The first-order chi connectivity index (χ1) is 19.0. The second-order valence-electron chi connectivity index (χ2n) is 9.42. The van der Waals surface area contributed by atoms with E-state index in [2.05, 4.69) is 10.1 Å². The number of benzene rings is 2. The minimum Gasteiger partial charge on any atom is -0.507 e. The Kier molecular flexibility index (Phi) is 8.05. The van der Waals surface area contributed by atoms with Gasteiger partial charge in [0.2, 0.25) is 11.3 Å². The number of aromatic nitrogens is 1. The molecule has 0 spiro atoms. The lowest BCUT2D eigenvalue weighted by Crippen LogP contribution is -2.54. The van der Waals surface area contributed by atoms with Gasteiger partial charge in [0.15, 0.2) is 5.82 Å². The standard InChI is InChI=1S/C27H28F2N4O7/c1-4-31-12-18(26(37)38)25(36)17-10-19(28)24(22(29)23(17)31)33-8-7-32(14(2)11-33)13-21(35)30-15-5-6-16(20(34)9-15)27(39)40-3/h5-6,9-10,12,14,34H,4,7-8,11,13H2,1-3H3,(H,30,35)(H,37,38). The lowest BCUT2D eigenvalue weighted by atomic mass is 10.1. The van der Waals surface area contributed by atoms with Crippen LogP contribution in [0, 0.1) is 11.6 Å². The summed E-state index contributed by atoms with van der Waals surface area (Å²) in [5, 5.41) is 21.6. The molecule has 40 heavy (non-hydrogen) atoms. The number of aromatic carboxylic acids is 1. The van der Waals surface area contributed by atoms with E-state index in [1.165, 1.54) is 34.8 Å². The van der Waals surface area contributed by atoms with E-state index in [4.69, 9.17) is 0 Å². The maximum Gasteiger partial charge on any atom is 0.341 e. The summed E-state index contributed by atoms with van der Waals surface area (Å²) in [7, 11) is 1.18. The molecule has 1 amide bonds. The molecule has 212 valence electrons. The summed E-state index contributed by atoms with van der Waals surface area (Å²) >= 11 is 0. The topological polar surface area (TPSA) is 141 Å². The number of rotatable bonds is 7. The third-order valence-corrected chi connectivity index (χ3v) is 6.92. The monoisotopic (exact) mass is 558 g/mol. The quantitative estimate of drug-likeness (QED) is 0.373. The number of phenols is 1. The van der Waals surface area contributed by atoms with Crippen LogP contribution in [0.1, 0.15) is 34.6 Å². The van der Waals surface area contributed by atoms with Crippen LogP contribution in [-0.4, -0.2) is 76.9 Å². The molecule has 1 atom stereocenters. The first-order valence-corrected chi connectivity index (χ1v) is 12.4. The number of anilines is 2. The van der Waals surface area contributed by atoms with Crippen molar-refractivity contribution in [3.8, 4) is 5.75 Å². The van der Waals surface area contributed by atoms with Crippen molar-refractivity contribution in [1.82, 2.24) is 9.47 Å². The van der Waals surface area contributed by atoms with Crippen LogP contribution in [0.25, 0.3) is 10.9 Å². The van der Waals surface area contributed by atoms with E-state index in [-0.39, 0.29) is 72.4 Å². The van der Waals surface area contributed by atoms with Crippen molar-refractivity contribution >= 4 is 40.1 Å². The summed E-state index contributed by atoms with van der Waals surface area (Å²) < 4.78 is 36.8. The van der Waals surface area contributed by atoms with Gasteiger partial charge in [0.25, 0.3) is 0 Å². The molecule has 4 rings (SSSR count). The Morgan fingerprint density at radius 2 is 1.88 bits per heavy atom. The van der Waals surface area contributed by atoms with E-state index in [0.717, 1.165) is 12.3 Å². The number of nitrogens with one attached hydrogen (secondary N) is 1. The SMILES string of the molecule is CCn1cc(C(=O)O)c(=O)c2cc(F)c(N3CCN(CC(=O)Nc4ccc(C(=O)OC)c(O)c4)C(C)C3)c(F)c21. The Labute approximate surface area is 227 Å². The molecule has 1 saturated heterocycles. The van der Waals surface area contributed by atoms with Gasteiger partial charge in [0, 0.05) is 50.2 Å². The Bertz CT molecular complexity index is 1570. The summed E-state index contributed by atoms with van der Waals surface area (Å²) in [6.07, 6.45) is 1.06. The molecule has 1 aliphatic rings. The summed E-state index contributed by atoms with van der Waals surface area (Å²) in [6.45, 7) is 4.20. The maximum absolute atomic E-state index is 15.8. The van der Waals surface area contributed by atoms with Gasteiger partial charge < -0.3 is 29.7 Å². The largest absolute Gasteiger partial charge is 0.507 e. The number of amides is 1. The molecule has 0 aliphatic carbocycles. The fourth-order valence-electron chi connectivity index (χ4n) is 4.88. The number of carboxylic acids is 1. The van der Waals surface area contributed by atoms with Gasteiger partial charge in [-0.2, -0.15) is 0 Å². The summed E-state index contributed by atoms with van der Waals surface area (Å²) in [5.41, 5.74) is -1.81. The highest BCUT2D eigenvalue weighted by Gasteiger charge is 2.31. The average Bonchev–Trinajstić information content (AvgIpc) is 2.90. The van der Waals surface area contributed by atoms with E-state index in [9.17, 15) is 29.4 Å². The third-order valence-electron chi connectivity index (χ3n) is 6.92. The zero-order chi connectivity index (χ0) is 29.3. The van der Waals surface area contributed by atoms with Crippen molar-refractivity contribution in [2.75, 3.05) is 43.5 Å². The molecule has 0 saturated carbocycles. The molecule has 3 aromatic rings. The van der Waals surface area contributed by atoms with Crippen LogP contribution in [0.5, 0.6) is 5.75 Å². The first kappa shape index (κ1) is 28.5. The second-order valence-corrected chi connectivity index (χ2v) is 9.42. The van der Waals surface area contributed by atoms with Gasteiger partial charge in [-0.1, -0.05) is 0 Å². The van der Waals surface area contributed by atoms with Gasteiger partial charge in [0.05, 0.1) is 24.6 Å². The first-order valence-electron chi connectivity index (χ1n) is 12.4. The van der Waals surface area contributed by atoms with Crippen LogP contribution >= 0.6 is 0 Å². The molecule has 1 aliphatic heterocycles. The minimum atomic E-state index is -1.48. The number of fused-ring (bicyclic) bond motifs is 1. The highest BCUT2D eigenvalue weighted by molar-refractivity contribution is 5.96. The second kappa shape index (κ2) is 11.3. The molecule has 0 radical (unpaired) electrons. The number of hydrogen-bond acceptors (Lipinski definition) is 8. The van der Waals surface area contributed by atoms with Crippen molar-refractivity contribution in [3.05, 3.63) is 63.4 Å². The van der Waals surface area contributed by atoms with Gasteiger partial charge in [0.1, 0.15) is 28.4 Å². The third kappa shape index (κ3) is 5.32. The molecule has 2 heterocycles. The smallest absolute Gasteiger partial charge is 0.341 e. The lowest BCUT2D eigenvalue weighted by Gasteiger charge is -2.40. The lowest BCUT2D eigenvalue weighted by molar-refractivity contribution is -0.117. The number of phenolic OH excluding ortho intramolecular Hbond substituents is 1. The van der Waals surface area contributed by atoms with Crippen LogP contribution in [0.3, 0.4) is 0 Å². The molecular formula is C27H28F2N4O7. The number of esters is 1. The fourth-order valence-corrected chi connectivity index (χ4v) is 4.88. The van der Waals surface area contributed by atoms with Crippen LogP contribution in [0.4, 0.5) is 20.2 Å². The Hall–Kier alpha value is -4.52. The van der Waals surface area contributed by atoms with Crippen molar-refractivity contribution in [2.24, 2.45) is 0 Å². The number of pyridine rings is 1. The van der Waals surface area contributed by atoms with Crippen molar-refractivity contribution < 1.29 is 38.1 Å². The number of carboxylic acid groups (broad SMARTS) is 1. The summed E-state index contributed by atoms with van der Waals surface area (Å²) in [4.78, 5) is 51.7. The van der Waals surface area contributed by atoms with Crippen molar-refractivity contribution in [2.45, 2.75) is 26.4 Å². The molecule has 0 bridgehead atoms. The summed E-state index contributed by atoms with van der Waals surface area (Å²) in [5.74, 6) is -4.89. The fraction of sp³-hybridized carbons (Fsp3) is 0.333. The molecule has 1 fully saturated rings. The van der Waals surface area contributed by atoms with Crippen LogP contribution in [0.2, 0.25) is 0 Å². The predicted molar refractivity (Wildman–Crippen MR) is 142 cm³/mol. The van der Waals surface area contributed by atoms with E-state index >= 15 is 8.78 Å². The molecule has 1 aromatic heterocycles. The Morgan fingerprint density at radius 1 is 1.15 bits per heavy atom.